The van der Waals surface area contributed by atoms with E-state index in [4.69, 9.17) is 4.74 Å². The summed E-state index contributed by atoms with van der Waals surface area (Å²) in [5, 5.41) is 9.79. The zero-order valence-corrected chi connectivity index (χ0v) is 11.7. The van der Waals surface area contributed by atoms with Crippen molar-refractivity contribution in [2.24, 2.45) is 0 Å². The van der Waals surface area contributed by atoms with Crippen molar-refractivity contribution in [3.63, 3.8) is 0 Å². The molecule has 0 aliphatic carbocycles. The van der Waals surface area contributed by atoms with Crippen LogP contribution in [0, 0.1) is 0 Å². The van der Waals surface area contributed by atoms with Crippen LogP contribution >= 0.6 is 0 Å². The Morgan fingerprint density at radius 2 is 1.35 bits per heavy atom. The van der Waals surface area contributed by atoms with E-state index in [0.717, 1.165) is 19.3 Å². The van der Waals surface area contributed by atoms with Crippen LogP contribution in [0.5, 0.6) is 0 Å². The first-order chi connectivity index (χ1) is 9.84. The molecule has 0 spiro atoms. The van der Waals surface area contributed by atoms with Crippen molar-refractivity contribution in [2.45, 2.75) is 32.0 Å². The quantitative estimate of drug-likeness (QED) is 0.587. The van der Waals surface area contributed by atoms with Gasteiger partial charge >= 0.3 is 0 Å². The molecule has 0 heterocycles. The van der Waals surface area contributed by atoms with Crippen LogP contribution in [-0.4, -0.2) is 18.0 Å². The van der Waals surface area contributed by atoms with Gasteiger partial charge in [-0.15, -0.1) is 0 Å². The van der Waals surface area contributed by atoms with E-state index in [2.05, 4.69) is 24.3 Å². The van der Waals surface area contributed by atoms with E-state index in [-0.39, 0.29) is 0 Å². The van der Waals surface area contributed by atoms with Gasteiger partial charge in [0.15, 0.2) is 6.29 Å². The fourth-order valence-electron chi connectivity index (χ4n) is 2.16. The van der Waals surface area contributed by atoms with Gasteiger partial charge in [-0.25, -0.2) is 0 Å². The zero-order chi connectivity index (χ0) is 14.0. The largest absolute Gasteiger partial charge is 0.368 e. The third kappa shape index (κ3) is 5.55. The number of rotatable bonds is 8. The van der Waals surface area contributed by atoms with Crippen molar-refractivity contribution in [1.29, 1.82) is 0 Å². The maximum Gasteiger partial charge on any atom is 0.154 e. The lowest BCUT2D eigenvalue weighted by Gasteiger charge is -2.12. The standard InChI is InChI=1S/C18H22O2/c19-18(14-13-17-10-5-2-6-11-17)20-15-7-12-16-8-3-1-4-9-16/h1-6,8-11,18-19H,7,12-15H2. The predicted octanol–water partition coefficient (Wildman–Crippen LogP) is 3.59. The summed E-state index contributed by atoms with van der Waals surface area (Å²) in [6, 6.07) is 20.5. The molecule has 2 aromatic carbocycles. The number of ether oxygens (including phenoxy) is 1. The van der Waals surface area contributed by atoms with Crippen LogP contribution in [0.4, 0.5) is 0 Å². The van der Waals surface area contributed by atoms with Crippen LogP contribution < -0.4 is 0 Å². The van der Waals surface area contributed by atoms with E-state index < -0.39 is 6.29 Å². The zero-order valence-electron chi connectivity index (χ0n) is 11.7. The Morgan fingerprint density at radius 3 is 1.95 bits per heavy atom. The van der Waals surface area contributed by atoms with Gasteiger partial charge in [0.05, 0.1) is 6.61 Å². The number of benzene rings is 2. The van der Waals surface area contributed by atoms with Crippen LogP contribution in [0.1, 0.15) is 24.0 Å². The number of aliphatic hydroxyl groups excluding tert-OH is 1. The van der Waals surface area contributed by atoms with Crippen molar-refractivity contribution >= 4 is 0 Å². The molecule has 1 N–H and O–H groups in total. The third-order valence-electron chi connectivity index (χ3n) is 3.29. The molecule has 2 heteroatoms. The van der Waals surface area contributed by atoms with Gasteiger partial charge in [0, 0.05) is 6.42 Å². The highest BCUT2D eigenvalue weighted by molar-refractivity contribution is 5.15. The molecule has 0 aliphatic rings. The van der Waals surface area contributed by atoms with Crippen LogP contribution in [0.3, 0.4) is 0 Å². The summed E-state index contributed by atoms with van der Waals surface area (Å²) in [6.45, 7) is 0.602. The van der Waals surface area contributed by atoms with E-state index in [1.807, 2.05) is 36.4 Å². The Kier molecular flexibility index (Phi) is 6.28. The van der Waals surface area contributed by atoms with Gasteiger partial charge in [-0.3, -0.25) is 0 Å². The fraction of sp³-hybridized carbons (Fsp3) is 0.333. The summed E-state index contributed by atoms with van der Waals surface area (Å²) in [7, 11) is 0. The summed E-state index contributed by atoms with van der Waals surface area (Å²) in [5.74, 6) is 0. The molecule has 106 valence electrons. The highest BCUT2D eigenvalue weighted by Crippen LogP contribution is 2.07. The Balaban J connectivity index is 1.57. The molecule has 1 unspecified atom stereocenters. The number of hydrogen-bond acceptors (Lipinski definition) is 2. The molecule has 2 rings (SSSR count). The molecule has 20 heavy (non-hydrogen) atoms. The predicted molar refractivity (Wildman–Crippen MR) is 81.5 cm³/mol. The first-order valence-corrected chi connectivity index (χ1v) is 7.22. The molecule has 2 nitrogen and oxygen atoms in total. The smallest absolute Gasteiger partial charge is 0.154 e. The van der Waals surface area contributed by atoms with Gasteiger partial charge in [0.1, 0.15) is 0 Å². The number of aliphatic hydroxyl groups is 1. The van der Waals surface area contributed by atoms with Crippen LogP contribution in [0.25, 0.3) is 0 Å². The molecule has 0 bridgehead atoms. The molecule has 0 aliphatic heterocycles. The van der Waals surface area contributed by atoms with Gasteiger partial charge in [0.25, 0.3) is 0 Å². The third-order valence-corrected chi connectivity index (χ3v) is 3.29. The minimum Gasteiger partial charge on any atom is -0.368 e. The van der Waals surface area contributed by atoms with Gasteiger partial charge in [-0.1, -0.05) is 60.7 Å². The Hall–Kier alpha value is -1.64. The lowest BCUT2D eigenvalue weighted by atomic mass is 10.1. The molecular formula is C18H22O2. The number of aryl methyl sites for hydroxylation is 2. The van der Waals surface area contributed by atoms with E-state index >= 15 is 0 Å². The van der Waals surface area contributed by atoms with E-state index in [1.165, 1.54) is 11.1 Å². The summed E-state index contributed by atoms with van der Waals surface area (Å²) in [4.78, 5) is 0. The van der Waals surface area contributed by atoms with E-state index in [1.54, 1.807) is 0 Å². The van der Waals surface area contributed by atoms with Crippen molar-refractivity contribution in [2.75, 3.05) is 6.61 Å². The fourth-order valence-corrected chi connectivity index (χ4v) is 2.16. The second-order valence-electron chi connectivity index (χ2n) is 4.94. The maximum absolute atomic E-state index is 9.79. The average molecular weight is 270 g/mol. The lowest BCUT2D eigenvalue weighted by molar-refractivity contribution is -0.103. The summed E-state index contributed by atoms with van der Waals surface area (Å²) >= 11 is 0. The van der Waals surface area contributed by atoms with Crippen molar-refractivity contribution < 1.29 is 9.84 Å². The molecule has 0 saturated carbocycles. The average Bonchev–Trinajstić information content (AvgIpc) is 2.52. The second-order valence-corrected chi connectivity index (χ2v) is 4.94. The van der Waals surface area contributed by atoms with Gasteiger partial charge in [0.2, 0.25) is 0 Å². The van der Waals surface area contributed by atoms with Crippen molar-refractivity contribution in [3.8, 4) is 0 Å². The van der Waals surface area contributed by atoms with Crippen molar-refractivity contribution in [3.05, 3.63) is 71.8 Å². The van der Waals surface area contributed by atoms with Crippen LogP contribution in [0.2, 0.25) is 0 Å². The molecule has 0 aromatic heterocycles. The normalized spacial score (nSPS) is 12.2. The van der Waals surface area contributed by atoms with Gasteiger partial charge < -0.3 is 9.84 Å². The Morgan fingerprint density at radius 1 is 0.800 bits per heavy atom. The summed E-state index contributed by atoms with van der Waals surface area (Å²) < 4.78 is 5.44. The highest BCUT2D eigenvalue weighted by Gasteiger charge is 2.04. The lowest BCUT2D eigenvalue weighted by Crippen LogP contribution is -2.14. The van der Waals surface area contributed by atoms with Crippen LogP contribution in [-0.2, 0) is 17.6 Å². The minimum atomic E-state index is -0.661. The monoisotopic (exact) mass is 270 g/mol. The SMILES string of the molecule is OC(CCc1ccccc1)OCCCc1ccccc1. The van der Waals surface area contributed by atoms with Crippen LogP contribution in [0.15, 0.2) is 60.7 Å². The van der Waals surface area contributed by atoms with Gasteiger partial charge in [-0.05, 0) is 30.4 Å². The van der Waals surface area contributed by atoms with Crippen molar-refractivity contribution in [1.82, 2.24) is 0 Å². The Labute approximate surface area is 121 Å². The molecule has 0 radical (unpaired) electrons. The maximum atomic E-state index is 9.79. The summed E-state index contributed by atoms with van der Waals surface area (Å²) in [6.07, 6.45) is 2.76. The minimum absolute atomic E-state index is 0.602. The first kappa shape index (κ1) is 14.8. The second kappa shape index (κ2) is 8.51. The molecule has 0 fully saturated rings. The number of hydrogen-bond donors (Lipinski definition) is 1. The Bertz CT molecular complexity index is 467. The molecule has 1 atom stereocenters. The first-order valence-electron chi connectivity index (χ1n) is 7.22. The van der Waals surface area contributed by atoms with E-state index in [9.17, 15) is 5.11 Å². The molecule has 2 aromatic rings. The molecule has 0 amide bonds. The molecule has 0 saturated heterocycles. The van der Waals surface area contributed by atoms with E-state index in [0.29, 0.717) is 13.0 Å². The summed E-state index contributed by atoms with van der Waals surface area (Å²) in [5.41, 5.74) is 2.55. The topological polar surface area (TPSA) is 29.5 Å². The molecular weight excluding hydrogens is 248 g/mol. The highest BCUT2D eigenvalue weighted by atomic mass is 16.6. The van der Waals surface area contributed by atoms with Gasteiger partial charge in [-0.2, -0.15) is 0 Å².